The van der Waals surface area contributed by atoms with Crippen molar-refractivity contribution in [3.8, 4) is 5.75 Å². The number of primary sulfonamides is 1. The van der Waals surface area contributed by atoms with Gasteiger partial charge in [-0.3, -0.25) is 0 Å². The largest absolute Gasteiger partial charge is 0.489 e. The van der Waals surface area contributed by atoms with Crippen LogP contribution in [0.1, 0.15) is 38.5 Å². The zero-order valence-corrected chi connectivity index (χ0v) is 13.3. The highest BCUT2D eigenvalue weighted by atomic mass is 35.5. The normalized spacial score (nSPS) is 17.8. The Bertz CT molecular complexity index is 582. The second-order valence-electron chi connectivity index (χ2n) is 4.97. The van der Waals surface area contributed by atoms with Gasteiger partial charge in [-0.05, 0) is 37.8 Å². The zero-order valence-electron chi connectivity index (χ0n) is 10.9. The van der Waals surface area contributed by atoms with Crippen molar-refractivity contribution in [3.63, 3.8) is 0 Å². The molecule has 1 fully saturated rings. The summed E-state index contributed by atoms with van der Waals surface area (Å²) in [4.78, 5) is -0.183. The number of ether oxygens (including phenoxy) is 1. The highest BCUT2D eigenvalue weighted by Crippen LogP contribution is 2.37. The molecule has 4 nitrogen and oxygen atoms in total. The van der Waals surface area contributed by atoms with Gasteiger partial charge < -0.3 is 4.74 Å². The van der Waals surface area contributed by atoms with Gasteiger partial charge in [-0.25, -0.2) is 13.6 Å². The van der Waals surface area contributed by atoms with Crippen molar-refractivity contribution < 1.29 is 13.2 Å². The lowest BCUT2D eigenvalue weighted by Crippen LogP contribution is -2.16. The van der Waals surface area contributed by atoms with E-state index < -0.39 is 10.0 Å². The van der Waals surface area contributed by atoms with E-state index in [1.54, 1.807) is 0 Å². The SMILES string of the molecule is NS(=O)(=O)c1ccc(OC2CCCCCC2)c(Cl)c1Cl. The molecule has 0 amide bonds. The van der Waals surface area contributed by atoms with Crippen molar-refractivity contribution >= 4 is 33.2 Å². The fourth-order valence-electron chi connectivity index (χ4n) is 2.36. The van der Waals surface area contributed by atoms with Crippen LogP contribution in [0.15, 0.2) is 17.0 Å². The molecule has 0 unspecified atom stereocenters. The maximum absolute atomic E-state index is 11.3. The zero-order chi connectivity index (χ0) is 14.8. The van der Waals surface area contributed by atoms with Crippen LogP contribution in [-0.2, 0) is 10.0 Å². The molecule has 0 radical (unpaired) electrons. The Labute approximate surface area is 129 Å². The monoisotopic (exact) mass is 337 g/mol. The predicted molar refractivity (Wildman–Crippen MR) is 80.0 cm³/mol. The minimum Gasteiger partial charge on any atom is -0.489 e. The Morgan fingerprint density at radius 3 is 2.20 bits per heavy atom. The molecule has 2 rings (SSSR count). The molecule has 20 heavy (non-hydrogen) atoms. The van der Waals surface area contributed by atoms with Gasteiger partial charge in [0.2, 0.25) is 10.0 Å². The number of benzene rings is 1. The van der Waals surface area contributed by atoms with E-state index >= 15 is 0 Å². The molecule has 0 saturated heterocycles. The first-order chi connectivity index (χ1) is 9.39. The van der Waals surface area contributed by atoms with Gasteiger partial charge in [0.05, 0.1) is 11.1 Å². The molecule has 0 spiro atoms. The topological polar surface area (TPSA) is 69.4 Å². The summed E-state index contributed by atoms with van der Waals surface area (Å²) in [5.74, 6) is 0.413. The van der Waals surface area contributed by atoms with Crippen molar-refractivity contribution in [2.45, 2.75) is 49.5 Å². The molecule has 0 bridgehead atoms. The Morgan fingerprint density at radius 1 is 1.05 bits per heavy atom. The summed E-state index contributed by atoms with van der Waals surface area (Å²) in [6.07, 6.45) is 6.76. The molecule has 0 atom stereocenters. The number of hydrogen-bond donors (Lipinski definition) is 1. The summed E-state index contributed by atoms with van der Waals surface area (Å²) in [6, 6.07) is 2.84. The number of halogens is 2. The fraction of sp³-hybridized carbons (Fsp3) is 0.538. The van der Waals surface area contributed by atoms with E-state index in [2.05, 4.69) is 0 Å². The Hall–Kier alpha value is -0.490. The first-order valence-electron chi connectivity index (χ1n) is 6.57. The number of nitrogens with two attached hydrogens (primary N) is 1. The van der Waals surface area contributed by atoms with E-state index in [0.29, 0.717) is 5.75 Å². The minimum absolute atomic E-state index is 0.0831. The van der Waals surface area contributed by atoms with Crippen molar-refractivity contribution in [2.75, 3.05) is 0 Å². The molecule has 0 aliphatic heterocycles. The third kappa shape index (κ3) is 3.79. The van der Waals surface area contributed by atoms with E-state index in [1.165, 1.54) is 25.0 Å². The molecule has 0 heterocycles. The highest BCUT2D eigenvalue weighted by Gasteiger charge is 2.21. The van der Waals surface area contributed by atoms with Gasteiger partial charge in [0.25, 0.3) is 0 Å². The molecular weight excluding hydrogens is 321 g/mol. The minimum atomic E-state index is -3.88. The van der Waals surface area contributed by atoms with Crippen molar-refractivity contribution in [2.24, 2.45) is 5.14 Å². The van der Waals surface area contributed by atoms with Gasteiger partial charge in [-0.1, -0.05) is 36.0 Å². The molecular formula is C13H17Cl2NO3S. The average molecular weight is 338 g/mol. The van der Waals surface area contributed by atoms with Gasteiger partial charge in [-0.2, -0.15) is 0 Å². The molecule has 112 valence electrons. The second-order valence-corrected chi connectivity index (χ2v) is 7.25. The van der Waals surface area contributed by atoms with Gasteiger partial charge in [0.1, 0.15) is 15.7 Å². The number of rotatable bonds is 3. The van der Waals surface area contributed by atoms with Crippen molar-refractivity contribution in [1.82, 2.24) is 0 Å². The Balaban J connectivity index is 2.23. The van der Waals surface area contributed by atoms with E-state index in [9.17, 15) is 8.42 Å². The van der Waals surface area contributed by atoms with Crippen LogP contribution in [0.4, 0.5) is 0 Å². The lowest BCUT2D eigenvalue weighted by atomic mass is 10.1. The summed E-state index contributed by atoms with van der Waals surface area (Å²) in [7, 11) is -3.88. The van der Waals surface area contributed by atoms with Crippen LogP contribution >= 0.6 is 23.2 Å². The maximum Gasteiger partial charge on any atom is 0.239 e. The third-order valence-electron chi connectivity index (χ3n) is 3.41. The van der Waals surface area contributed by atoms with Gasteiger partial charge in [-0.15, -0.1) is 0 Å². The summed E-state index contributed by atoms with van der Waals surface area (Å²) in [5.41, 5.74) is 0. The Kier molecular flexibility index (Phi) is 5.18. The molecule has 2 N–H and O–H groups in total. The third-order valence-corrected chi connectivity index (χ3v) is 5.34. The molecule has 1 aliphatic carbocycles. The van der Waals surface area contributed by atoms with Crippen LogP contribution in [-0.4, -0.2) is 14.5 Å². The van der Waals surface area contributed by atoms with Gasteiger partial charge >= 0.3 is 0 Å². The highest BCUT2D eigenvalue weighted by molar-refractivity contribution is 7.89. The molecule has 7 heteroatoms. The fourth-order valence-corrected chi connectivity index (χ4v) is 3.72. The average Bonchev–Trinajstić information content (AvgIpc) is 2.62. The number of sulfonamides is 1. The molecule has 1 saturated carbocycles. The molecule has 1 aromatic rings. The van der Waals surface area contributed by atoms with E-state index in [4.69, 9.17) is 33.1 Å². The first kappa shape index (κ1) is 15.9. The van der Waals surface area contributed by atoms with Crippen LogP contribution in [0.25, 0.3) is 0 Å². The van der Waals surface area contributed by atoms with Gasteiger partial charge in [0.15, 0.2) is 0 Å². The van der Waals surface area contributed by atoms with E-state index in [0.717, 1.165) is 25.7 Å². The summed E-state index contributed by atoms with van der Waals surface area (Å²) in [6.45, 7) is 0. The second kappa shape index (κ2) is 6.52. The maximum atomic E-state index is 11.3. The standard InChI is InChI=1S/C13H17Cl2NO3S/c14-12-10(19-9-5-3-1-2-4-6-9)7-8-11(13(12)15)20(16,17)18/h7-9H,1-6H2,(H2,16,17,18). The van der Waals surface area contributed by atoms with Crippen LogP contribution in [0.5, 0.6) is 5.75 Å². The number of hydrogen-bond acceptors (Lipinski definition) is 3. The first-order valence-corrected chi connectivity index (χ1v) is 8.87. The Morgan fingerprint density at radius 2 is 1.65 bits per heavy atom. The lowest BCUT2D eigenvalue weighted by molar-refractivity contribution is 0.184. The summed E-state index contributed by atoms with van der Waals surface area (Å²) < 4.78 is 28.6. The van der Waals surface area contributed by atoms with E-state index in [1.807, 2.05) is 0 Å². The van der Waals surface area contributed by atoms with Crippen LogP contribution in [0, 0.1) is 0 Å². The van der Waals surface area contributed by atoms with Gasteiger partial charge in [0, 0.05) is 0 Å². The molecule has 1 aromatic carbocycles. The van der Waals surface area contributed by atoms with Crippen LogP contribution in [0.3, 0.4) is 0 Å². The van der Waals surface area contributed by atoms with Crippen LogP contribution in [0.2, 0.25) is 10.0 Å². The summed E-state index contributed by atoms with van der Waals surface area (Å²) in [5, 5.41) is 5.09. The van der Waals surface area contributed by atoms with Crippen molar-refractivity contribution in [1.29, 1.82) is 0 Å². The van der Waals surface area contributed by atoms with Crippen LogP contribution < -0.4 is 9.88 Å². The quantitative estimate of drug-likeness (QED) is 0.854. The molecule has 0 aromatic heterocycles. The van der Waals surface area contributed by atoms with Crippen molar-refractivity contribution in [3.05, 3.63) is 22.2 Å². The van der Waals surface area contributed by atoms with E-state index in [-0.39, 0.29) is 21.0 Å². The lowest BCUT2D eigenvalue weighted by Gasteiger charge is -2.18. The predicted octanol–water partition coefficient (Wildman–Crippen LogP) is 3.74. The summed E-state index contributed by atoms with van der Waals surface area (Å²) >= 11 is 12.0. The smallest absolute Gasteiger partial charge is 0.239 e. The molecule has 1 aliphatic rings.